The third kappa shape index (κ3) is 4.58. The number of amides is 2. The Morgan fingerprint density at radius 1 is 1.00 bits per heavy atom. The second-order valence-corrected chi connectivity index (χ2v) is 7.28. The number of rotatable bonds is 5. The van der Waals surface area contributed by atoms with Gasteiger partial charge in [0.15, 0.2) is 0 Å². The number of non-ortho nitro benzene ring substituents is 1. The van der Waals surface area contributed by atoms with E-state index in [4.69, 9.17) is 4.74 Å². The molecular formula is C20H17N3O5S. The summed E-state index contributed by atoms with van der Waals surface area (Å²) < 4.78 is 5.15. The Morgan fingerprint density at radius 2 is 1.62 bits per heavy atom. The van der Waals surface area contributed by atoms with Crippen LogP contribution in [0.5, 0.6) is 5.75 Å². The number of carbonyl (C=O) groups is 2. The zero-order valence-corrected chi connectivity index (χ0v) is 16.4. The molecule has 1 heterocycles. The van der Waals surface area contributed by atoms with Crippen molar-refractivity contribution < 1.29 is 19.2 Å². The minimum Gasteiger partial charge on any atom is -0.497 e. The molecule has 3 aromatic rings. The number of thiophene rings is 1. The van der Waals surface area contributed by atoms with Gasteiger partial charge >= 0.3 is 0 Å². The van der Waals surface area contributed by atoms with Gasteiger partial charge in [0.2, 0.25) is 0 Å². The van der Waals surface area contributed by atoms with Crippen LogP contribution in [0.4, 0.5) is 5.69 Å². The van der Waals surface area contributed by atoms with Gasteiger partial charge in [-0.3, -0.25) is 30.6 Å². The lowest BCUT2D eigenvalue weighted by Crippen LogP contribution is -2.41. The molecule has 148 valence electrons. The molecule has 0 saturated heterocycles. The number of methoxy groups -OCH3 is 1. The van der Waals surface area contributed by atoms with Gasteiger partial charge in [-0.2, -0.15) is 0 Å². The van der Waals surface area contributed by atoms with Crippen LogP contribution in [0, 0.1) is 17.0 Å². The van der Waals surface area contributed by atoms with Gasteiger partial charge in [0.1, 0.15) is 5.75 Å². The van der Waals surface area contributed by atoms with Crippen molar-refractivity contribution in [2.24, 2.45) is 0 Å². The first-order valence-corrected chi connectivity index (χ1v) is 9.30. The first-order chi connectivity index (χ1) is 13.9. The number of nitro groups is 1. The minimum atomic E-state index is -0.572. The number of hydrogen-bond donors (Lipinski definition) is 2. The second kappa shape index (κ2) is 8.53. The normalized spacial score (nSPS) is 10.3. The zero-order chi connectivity index (χ0) is 21.0. The number of nitrogens with zero attached hydrogens (tertiary/aromatic N) is 1. The highest BCUT2D eigenvalue weighted by atomic mass is 32.1. The maximum Gasteiger partial charge on any atom is 0.279 e. The molecule has 0 aliphatic heterocycles. The number of ether oxygens (including phenoxy) is 1. The Hall–Kier alpha value is -3.72. The minimum absolute atomic E-state index is 0.120. The van der Waals surface area contributed by atoms with Gasteiger partial charge in [-0.25, -0.2) is 0 Å². The summed E-state index contributed by atoms with van der Waals surface area (Å²) >= 11 is 1.31. The predicted molar refractivity (Wildman–Crippen MR) is 109 cm³/mol. The van der Waals surface area contributed by atoms with Crippen LogP contribution in [0.3, 0.4) is 0 Å². The quantitative estimate of drug-likeness (QED) is 0.491. The second-order valence-electron chi connectivity index (χ2n) is 6.02. The summed E-state index contributed by atoms with van der Waals surface area (Å²) in [5.41, 5.74) is 6.62. The van der Waals surface area contributed by atoms with E-state index >= 15 is 0 Å². The Labute approximate surface area is 170 Å². The van der Waals surface area contributed by atoms with Crippen molar-refractivity contribution in [2.45, 2.75) is 6.92 Å². The van der Waals surface area contributed by atoms with E-state index in [0.29, 0.717) is 4.88 Å². The fraction of sp³-hybridized carbons (Fsp3) is 0.100. The van der Waals surface area contributed by atoms with Gasteiger partial charge < -0.3 is 4.74 Å². The molecule has 0 unspecified atom stereocenters. The van der Waals surface area contributed by atoms with Crippen LogP contribution in [-0.2, 0) is 0 Å². The van der Waals surface area contributed by atoms with Crippen LogP contribution in [0.15, 0.2) is 54.6 Å². The lowest BCUT2D eigenvalue weighted by atomic mass is 10.1. The summed E-state index contributed by atoms with van der Waals surface area (Å²) in [5.74, 6) is -0.279. The monoisotopic (exact) mass is 411 g/mol. The van der Waals surface area contributed by atoms with Crippen LogP contribution in [0.1, 0.15) is 24.9 Å². The van der Waals surface area contributed by atoms with E-state index in [1.165, 1.54) is 35.6 Å². The maximum absolute atomic E-state index is 12.4. The molecule has 0 aliphatic rings. The Bertz CT molecular complexity index is 1060. The van der Waals surface area contributed by atoms with Crippen molar-refractivity contribution in [1.82, 2.24) is 10.9 Å². The van der Waals surface area contributed by atoms with Crippen LogP contribution in [-0.4, -0.2) is 23.8 Å². The molecular weight excluding hydrogens is 394 g/mol. The number of aryl methyl sites for hydroxylation is 1. The largest absolute Gasteiger partial charge is 0.497 e. The average Bonchev–Trinajstić information content (AvgIpc) is 3.13. The number of hydrazine groups is 1. The van der Waals surface area contributed by atoms with E-state index < -0.39 is 16.7 Å². The SMILES string of the molecule is COc1ccc(-c2cc(C(=O)NNC(=O)c3ccc([N+](=O)[O-])cc3)sc2C)cc1. The molecule has 8 nitrogen and oxygen atoms in total. The summed E-state index contributed by atoms with van der Waals surface area (Å²) in [5, 5.41) is 10.7. The number of benzene rings is 2. The fourth-order valence-corrected chi connectivity index (χ4v) is 3.57. The topological polar surface area (TPSA) is 111 Å². The van der Waals surface area contributed by atoms with Gasteiger partial charge in [-0.05, 0) is 48.4 Å². The highest BCUT2D eigenvalue weighted by molar-refractivity contribution is 7.14. The molecule has 0 bridgehead atoms. The van der Waals surface area contributed by atoms with Gasteiger partial charge in [-0.1, -0.05) is 12.1 Å². The Balaban J connectivity index is 1.66. The Morgan fingerprint density at radius 3 is 2.21 bits per heavy atom. The predicted octanol–water partition coefficient (Wildman–Crippen LogP) is 3.72. The molecule has 0 radical (unpaired) electrons. The van der Waals surface area contributed by atoms with E-state index in [2.05, 4.69) is 10.9 Å². The van der Waals surface area contributed by atoms with Crippen molar-refractivity contribution in [1.29, 1.82) is 0 Å². The summed E-state index contributed by atoms with van der Waals surface area (Å²) in [6, 6.07) is 14.3. The molecule has 0 saturated carbocycles. The molecule has 0 spiro atoms. The lowest BCUT2D eigenvalue weighted by molar-refractivity contribution is -0.384. The zero-order valence-electron chi connectivity index (χ0n) is 15.6. The highest BCUT2D eigenvalue weighted by Gasteiger charge is 2.15. The van der Waals surface area contributed by atoms with Crippen molar-refractivity contribution in [2.75, 3.05) is 7.11 Å². The van der Waals surface area contributed by atoms with E-state index in [1.807, 2.05) is 31.2 Å². The van der Waals surface area contributed by atoms with Gasteiger partial charge in [-0.15, -0.1) is 11.3 Å². The molecule has 2 aromatic carbocycles. The summed E-state index contributed by atoms with van der Waals surface area (Å²) in [6.45, 7) is 1.91. The number of nitro benzene ring substituents is 1. The molecule has 29 heavy (non-hydrogen) atoms. The molecule has 2 amide bonds. The first-order valence-electron chi connectivity index (χ1n) is 8.49. The van der Waals surface area contributed by atoms with Crippen molar-refractivity contribution in [3.63, 3.8) is 0 Å². The standard InChI is InChI=1S/C20H17N3O5S/c1-12-17(13-5-9-16(28-2)10-6-13)11-18(29-12)20(25)22-21-19(24)14-3-7-15(8-4-14)23(26)27/h3-11H,1-2H3,(H,21,24)(H,22,25). The van der Waals surface area contributed by atoms with E-state index in [0.717, 1.165) is 21.8 Å². The molecule has 0 atom stereocenters. The summed E-state index contributed by atoms with van der Waals surface area (Å²) in [7, 11) is 1.60. The first kappa shape index (κ1) is 20.0. The molecule has 9 heteroatoms. The van der Waals surface area contributed by atoms with E-state index in [1.54, 1.807) is 13.2 Å². The van der Waals surface area contributed by atoms with Crippen LogP contribution < -0.4 is 15.6 Å². The maximum atomic E-state index is 12.4. The van der Waals surface area contributed by atoms with Gasteiger partial charge in [0.05, 0.1) is 16.9 Å². The van der Waals surface area contributed by atoms with Gasteiger partial charge in [0, 0.05) is 22.6 Å². The van der Waals surface area contributed by atoms with Gasteiger partial charge in [0.25, 0.3) is 17.5 Å². The Kier molecular flexibility index (Phi) is 5.89. The van der Waals surface area contributed by atoms with Crippen LogP contribution in [0.2, 0.25) is 0 Å². The van der Waals surface area contributed by atoms with Crippen LogP contribution >= 0.6 is 11.3 Å². The third-order valence-corrected chi connectivity index (χ3v) is 5.22. The van der Waals surface area contributed by atoms with E-state index in [-0.39, 0.29) is 11.3 Å². The molecule has 0 fully saturated rings. The van der Waals surface area contributed by atoms with Crippen molar-refractivity contribution in [3.8, 4) is 16.9 Å². The molecule has 0 aliphatic carbocycles. The van der Waals surface area contributed by atoms with Crippen LogP contribution in [0.25, 0.3) is 11.1 Å². The van der Waals surface area contributed by atoms with E-state index in [9.17, 15) is 19.7 Å². The highest BCUT2D eigenvalue weighted by Crippen LogP contribution is 2.31. The fourth-order valence-electron chi connectivity index (χ4n) is 2.63. The smallest absolute Gasteiger partial charge is 0.279 e. The third-order valence-electron chi connectivity index (χ3n) is 4.17. The number of carbonyl (C=O) groups excluding carboxylic acids is 2. The molecule has 1 aromatic heterocycles. The van der Waals surface area contributed by atoms with Crippen molar-refractivity contribution in [3.05, 3.63) is 80.0 Å². The molecule has 3 rings (SSSR count). The number of nitrogens with one attached hydrogen (secondary N) is 2. The lowest BCUT2D eigenvalue weighted by Gasteiger charge is -2.06. The number of hydrogen-bond acceptors (Lipinski definition) is 6. The summed E-state index contributed by atoms with van der Waals surface area (Å²) in [4.78, 5) is 36.0. The molecule has 2 N–H and O–H groups in total. The van der Waals surface area contributed by atoms with Crippen molar-refractivity contribution >= 4 is 28.8 Å². The average molecular weight is 411 g/mol. The summed E-state index contributed by atoms with van der Waals surface area (Å²) in [6.07, 6.45) is 0.